The first kappa shape index (κ1) is 20.9. The van der Waals surface area contributed by atoms with Crippen molar-refractivity contribution >= 4 is 5.78 Å². The molecule has 0 spiro atoms. The first-order valence-corrected chi connectivity index (χ1v) is 8.98. The van der Waals surface area contributed by atoms with Gasteiger partial charge in [0.15, 0.2) is 5.78 Å². The number of rotatable bonds is 5. The van der Waals surface area contributed by atoms with E-state index >= 15 is 0 Å². The van der Waals surface area contributed by atoms with Crippen molar-refractivity contribution in [3.8, 4) is 11.8 Å². The third kappa shape index (κ3) is 4.29. The lowest BCUT2D eigenvalue weighted by Gasteiger charge is -2.39. The fraction of sp³-hybridized carbons (Fsp3) is 0.333. The minimum atomic E-state index is -1.54. The van der Waals surface area contributed by atoms with Crippen LogP contribution in [0, 0.1) is 18.3 Å². The number of hydrogen-bond acceptors (Lipinski definition) is 8. The number of nitrogens with zero attached hydrogens (tertiary/aromatic N) is 1. The van der Waals surface area contributed by atoms with Crippen molar-refractivity contribution in [2.75, 3.05) is 6.61 Å². The number of ketones is 1. The molecule has 0 aliphatic carbocycles. The molecular formula is C21H21NO7. The molecule has 1 saturated heterocycles. The SMILES string of the molecule is Cc1cc(O[C@H]2O[C@H](CO)[C@@H](O)[C@H](O)[C@@H]2O)ccc1C(=O)c1ccc(C#N)cc1. The summed E-state index contributed by atoms with van der Waals surface area (Å²) < 4.78 is 10.9. The van der Waals surface area contributed by atoms with Gasteiger partial charge in [-0.3, -0.25) is 4.79 Å². The van der Waals surface area contributed by atoms with Gasteiger partial charge in [-0.05, 0) is 55.0 Å². The molecule has 1 aliphatic rings. The van der Waals surface area contributed by atoms with E-state index in [2.05, 4.69) is 0 Å². The Morgan fingerprint density at radius 3 is 2.38 bits per heavy atom. The zero-order valence-corrected chi connectivity index (χ0v) is 15.6. The molecule has 1 aliphatic heterocycles. The van der Waals surface area contributed by atoms with Crippen LogP contribution in [0.4, 0.5) is 0 Å². The first-order valence-electron chi connectivity index (χ1n) is 8.98. The third-order valence-electron chi connectivity index (χ3n) is 4.82. The number of aliphatic hydroxyl groups is 4. The lowest BCUT2D eigenvalue weighted by molar-refractivity contribution is -0.277. The van der Waals surface area contributed by atoms with Gasteiger partial charge in [0.05, 0.1) is 18.2 Å². The first-order chi connectivity index (χ1) is 13.8. The molecule has 2 aromatic rings. The van der Waals surface area contributed by atoms with E-state index in [4.69, 9.17) is 14.7 Å². The molecular weight excluding hydrogens is 378 g/mol. The molecule has 0 radical (unpaired) electrons. The van der Waals surface area contributed by atoms with Crippen LogP contribution in [0.1, 0.15) is 27.0 Å². The number of aliphatic hydroxyl groups excluding tert-OH is 4. The van der Waals surface area contributed by atoms with Crippen molar-refractivity contribution < 1.29 is 34.7 Å². The summed E-state index contributed by atoms with van der Waals surface area (Å²) in [6.45, 7) is 1.17. The van der Waals surface area contributed by atoms with E-state index in [0.29, 0.717) is 22.3 Å². The highest BCUT2D eigenvalue weighted by molar-refractivity contribution is 6.10. The van der Waals surface area contributed by atoms with Crippen LogP contribution in [0.25, 0.3) is 0 Å². The van der Waals surface area contributed by atoms with Gasteiger partial charge < -0.3 is 29.9 Å². The largest absolute Gasteiger partial charge is 0.462 e. The number of ether oxygens (including phenoxy) is 2. The number of aryl methyl sites for hydroxylation is 1. The van der Waals surface area contributed by atoms with E-state index in [1.165, 1.54) is 6.07 Å². The molecule has 0 aromatic heterocycles. The molecule has 3 rings (SSSR count). The molecule has 152 valence electrons. The van der Waals surface area contributed by atoms with E-state index in [9.17, 15) is 25.2 Å². The van der Waals surface area contributed by atoms with Crippen molar-refractivity contribution in [2.24, 2.45) is 0 Å². The smallest absolute Gasteiger partial charge is 0.229 e. The van der Waals surface area contributed by atoms with Gasteiger partial charge in [-0.1, -0.05) is 0 Å². The maximum absolute atomic E-state index is 12.7. The van der Waals surface area contributed by atoms with Gasteiger partial charge >= 0.3 is 0 Å². The topological polar surface area (TPSA) is 140 Å². The Bertz CT molecular complexity index is 920. The summed E-state index contributed by atoms with van der Waals surface area (Å²) in [5, 5.41) is 47.8. The van der Waals surface area contributed by atoms with Crippen molar-refractivity contribution in [1.29, 1.82) is 5.26 Å². The lowest BCUT2D eigenvalue weighted by Crippen LogP contribution is -2.60. The van der Waals surface area contributed by atoms with E-state index < -0.39 is 37.3 Å². The van der Waals surface area contributed by atoms with Crippen molar-refractivity contribution in [1.82, 2.24) is 0 Å². The van der Waals surface area contributed by atoms with Crippen LogP contribution < -0.4 is 4.74 Å². The van der Waals surface area contributed by atoms with Crippen LogP contribution in [0.3, 0.4) is 0 Å². The molecule has 29 heavy (non-hydrogen) atoms. The average molecular weight is 399 g/mol. The number of nitriles is 1. The van der Waals surface area contributed by atoms with Gasteiger partial charge in [0.25, 0.3) is 0 Å². The van der Waals surface area contributed by atoms with Gasteiger partial charge in [-0.2, -0.15) is 5.26 Å². The Balaban J connectivity index is 1.77. The van der Waals surface area contributed by atoms with E-state index in [-0.39, 0.29) is 11.5 Å². The summed E-state index contributed by atoms with van der Waals surface area (Å²) in [4.78, 5) is 12.7. The monoisotopic (exact) mass is 399 g/mol. The maximum Gasteiger partial charge on any atom is 0.229 e. The second kappa shape index (κ2) is 8.69. The molecule has 8 nitrogen and oxygen atoms in total. The van der Waals surface area contributed by atoms with Crippen LogP contribution in [0.15, 0.2) is 42.5 Å². The van der Waals surface area contributed by atoms with Crippen molar-refractivity contribution in [2.45, 2.75) is 37.6 Å². The summed E-state index contributed by atoms with van der Waals surface area (Å²) in [7, 11) is 0. The van der Waals surface area contributed by atoms with Gasteiger partial charge in [-0.15, -0.1) is 0 Å². The van der Waals surface area contributed by atoms with Gasteiger partial charge in [0.1, 0.15) is 30.2 Å². The average Bonchev–Trinajstić information content (AvgIpc) is 2.74. The van der Waals surface area contributed by atoms with E-state index in [1.807, 2.05) is 6.07 Å². The Morgan fingerprint density at radius 2 is 1.79 bits per heavy atom. The lowest BCUT2D eigenvalue weighted by atomic mass is 9.98. The van der Waals surface area contributed by atoms with Gasteiger partial charge in [0.2, 0.25) is 6.29 Å². The molecule has 0 saturated carbocycles. The van der Waals surface area contributed by atoms with Crippen molar-refractivity contribution in [3.05, 3.63) is 64.7 Å². The van der Waals surface area contributed by atoms with Crippen LogP contribution in [-0.2, 0) is 4.74 Å². The normalized spacial score (nSPS) is 26.6. The molecule has 0 bridgehead atoms. The molecule has 1 heterocycles. The van der Waals surface area contributed by atoms with E-state index in [0.717, 1.165) is 0 Å². The second-order valence-electron chi connectivity index (χ2n) is 6.81. The minimum absolute atomic E-state index is 0.216. The highest BCUT2D eigenvalue weighted by atomic mass is 16.7. The zero-order valence-electron chi connectivity index (χ0n) is 15.6. The fourth-order valence-electron chi connectivity index (χ4n) is 3.11. The van der Waals surface area contributed by atoms with Crippen LogP contribution in [0.5, 0.6) is 5.75 Å². The summed E-state index contributed by atoms with van der Waals surface area (Å²) >= 11 is 0. The van der Waals surface area contributed by atoms with Gasteiger partial charge in [-0.25, -0.2) is 0 Å². The maximum atomic E-state index is 12.7. The van der Waals surface area contributed by atoms with Gasteiger partial charge in [0, 0.05) is 11.1 Å². The zero-order chi connectivity index (χ0) is 21.1. The Kier molecular flexibility index (Phi) is 6.27. The predicted molar refractivity (Wildman–Crippen MR) is 100 cm³/mol. The second-order valence-corrected chi connectivity index (χ2v) is 6.81. The van der Waals surface area contributed by atoms with Crippen molar-refractivity contribution in [3.63, 3.8) is 0 Å². The highest BCUT2D eigenvalue weighted by Gasteiger charge is 2.44. The molecule has 0 amide bonds. The van der Waals surface area contributed by atoms with Crippen LogP contribution >= 0.6 is 0 Å². The fourth-order valence-corrected chi connectivity index (χ4v) is 3.11. The van der Waals surface area contributed by atoms with Crippen LogP contribution in [0.2, 0.25) is 0 Å². The molecule has 4 N–H and O–H groups in total. The highest BCUT2D eigenvalue weighted by Crippen LogP contribution is 2.26. The third-order valence-corrected chi connectivity index (χ3v) is 4.82. The Labute approximate surface area is 167 Å². The number of benzene rings is 2. The predicted octanol–water partition coefficient (Wildman–Crippen LogP) is 0.276. The number of carbonyl (C=O) groups is 1. The standard InChI is InChI=1S/C21H21NO7/c1-11-8-14(28-21-20(27)19(26)18(25)16(10-23)29-21)6-7-15(11)17(24)13-4-2-12(9-22)3-5-13/h2-8,16,18-21,23,25-27H,10H2,1H3/t16-,18-,19+,20+,21+/m1/s1. The Morgan fingerprint density at radius 1 is 1.10 bits per heavy atom. The quantitative estimate of drug-likeness (QED) is 0.526. The Hall–Kier alpha value is -2.80. The molecule has 5 atom stereocenters. The molecule has 8 heteroatoms. The number of hydrogen-bond donors (Lipinski definition) is 4. The molecule has 0 unspecified atom stereocenters. The molecule has 2 aromatic carbocycles. The summed E-state index contributed by atoms with van der Waals surface area (Å²) in [6, 6.07) is 13.0. The number of carbonyl (C=O) groups excluding carboxylic acids is 1. The molecule has 1 fully saturated rings. The summed E-state index contributed by atoms with van der Waals surface area (Å²) in [5.74, 6) is 0.0644. The van der Waals surface area contributed by atoms with Crippen LogP contribution in [-0.4, -0.2) is 63.5 Å². The summed E-state index contributed by atoms with van der Waals surface area (Å²) in [5.41, 5.74) is 1.95. The summed E-state index contributed by atoms with van der Waals surface area (Å²) in [6.07, 6.45) is -6.90. The van der Waals surface area contributed by atoms with E-state index in [1.54, 1.807) is 43.3 Å². The minimum Gasteiger partial charge on any atom is -0.462 e.